The Labute approximate surface area is 475 Å². The van der Waals surface area contributed by atoms with E-state index in [2.05, 4.69) is 154 Å². The molecule has 1 unspecified atom stereocenters. The van der Waals surface area contributed by atoms with Crippen molar-refractivity contribution in [2.24, 2.45) is 0 Å². The summed E-state index contributed by atoms with van der Waals surface area (Å²) in [5.41, 5.74) is 0. The van der Waals surface area contributed by atoms with Crippen LogP contribution in [0.1, 0.15) is 278 Å². The van der Waals surface area contributed by atoms with E-state index in [1.165, 1.54) is 83.5 Å². The highest BCUT2D eigenvalue weighted by Gasteiger charge is 2.19. The van der Waals surface area contributed by atoms with Gasteiger partial charge in [0.2, 0.25) is 0 Å². The summed E-state index contributed by atoms with van der Waals surface area (Å²) >= 11 is 0. The summed E-state index contributed by atoms with van der Waals surface area (Å²) in [7, 11) is 0. The second kappa shape index (κ2) is 64.1. The van der Waals surface area contributed by atoms with Crippen molar-refractivity contribution in [1.29, 1.82) is 0 Å². The third kappa shape index (κ3) is 62.3. The van der Waals surface area contributed by atoms with Crippen LogP contribution < -0.4 is 0 Å². The second-order valence-electron chi connectivity index (χ2n) is 20.5. The highest BCUT2D eigenvalue weighted by Crippen LogP contribution is 2.15. The van der Waals surface area contributed by atoms with Gasteiger partial charge in [0.15, 0.2) is 6.10 Å². The van der Waals surface area contributed by atoms with Crippen LogP contribution in [0.2, 0.25) is 0 Å². The molecule has 0 saturated carbocycles. The predicted octanol–water partition coefficient (Wildman–Crippen LogP) is 21.8. The van der Waals surface area contributed by atoms with E-state index in [0.717, 1.165) is 154 Å². The minimum Gasteiger partial charge on any atom is -0.462 e. The van der Waals surface area contributed by atoms with Crippen molar-refractivity contribution in [1.82, 2.24) is 0 Å². The second-order valence-corrected chi connectivity index (χ2v) is 20.5. The van der Waals surface area contributed by atoms with Gasteiger partial charge in [-0.05, 0) is 135 Å². The number of rotatable bonds is 56. The van der Waals surface area contributed by atoms with Crippen molar-refractivity contribution in [2.75, 3.05) is 13.2 Å². The standard InChI is InChI=1S/C71H116O6/c1-4-7-10-13-16-19-22-25-28-30-31-32-33-34-35-36-37-38-39-41-43-46-49-52-55-58-61-64-70(73)76-67-68(66-75-69(72)63-60-57-54-51-48-45-42-27-24-21-18-15-12-9-6-3)77-71(74)65-62-59-56-53-50-47-44-40-29-26-23-20-17-14-11-8-5-2/h7-8,10-11,16-21,25-29,31-32,34-35,42,44,47,68H,4-6,9,12-15,22-24,30,33,36-41,43,45-46,48-67H2,1-3H3/b10-7-,11-8-,19-16-,20-17-,21-18-,28-25-,29-26-,32-31-,35-34-,42-27-,47-44-. The van der Waals surface area contributed by atoms with E-state index in [1.807, 2.05) is 0 Å². The highest BCUT2D eigenvalue weighted by atomic mass is 16.6. The van der Waals surface area contributed by atoms with Gasteiger partial charge in [0, 0.05) is 19.3 Å². The molecule has 0 aliphatic rings. The zero-order valence-electron chi connectivity index (χ0n) is 49.9. The number of carbonyl (C=O) groups excluding carboxylic acids is 3. The summed E-state index contributed by atoms with van der Waals surface area (Å²) in [4.78, 5) is 38.3. The summed E-state index contributed by atoms with van der Waals surface area (Å²) in [6.45, 7) is 6.36. The lowest BCUT2D eigenvalue weighted by Gasteiger charge is -2.18. The Balaban J connectivity index is 4.38. The van der Waals surface area contributed by atoms with E-state index in [-0.39, 0.29) is 31.1 Å². The van der Waals surface area contributed by atoms with E-state index < -0.39 is 6.10 Å². The summed E-state index contributed by atoms with van der Waals surface area (Å²) < 4.78 is 16.9. The number of hydrogen-bond acceptors (Lipinski definition) is 6. The average Bonchev–Trinajstić information content (AvgIpc) is 3.43. The SMILES string of the molecule is CC/C=C\C/C=C\C/C=C\C/C=C\C/C=C\CCCCCCCCCCCCCC(=O)OCC(COC(=O)CCCCCCC/C=C\C/C=C\CCCCC)OC(=O)CCCCCC/C=C\C/C=C\C/C=C\C/C=C\CC. The van der Waals surface area contributed by atoms with Gasteiger partial charge in [-0.3, -0.25) is 14.4 Å². The average molecular weight is 1070 g/mol. The fourth-order valence-corrected chi connectivity index (χ4v) is 8.43. The molecule has 0 radical (unpaired) electrons. The minimum absolute atomic E-state index is 0.0974. The van der Waals surface area contributed by atoms with Gasteiger partial charge in [-0.25, -0.2) is 0 Å². The first kappa shape index (κ1) is 72.5. The van der Waals surface area contributed by atoms with E-state index in [0.29, 0.717) is 19.3 Å². The van der Waals surface area contributed by atoms with Crippen LogP contribution in [0.3, 0.4) is 0 Å². The Bertz CT molecular complexity index is 1650. The van der Waals surface area contributed by atoms with Crippen molar-refractivity contribution < 1.29 is 28.6 Å². The van der Waals surface area contributed by atoms with Gasteiger partial charge < -0.3 is 14.2 Å². The van der Waals surface area contributed by atoms with E-state index >= 15 is 0 Å². The van der Waals surface area contributed by atoms with Crippen LogP contribution in [-0.4, -0.2) is 37.2 Å². The molecule has 0 saturated heterocycles. The maximum atomic E-state index is 12.9. The summed E-state index contributed by atoms with van der Waals surface area (Å²) in [5.74, 6) is -0.937. The molecule has 0 N–H and O–H groups in total. The first-order chi connectivity index (χ1) is 38.0. The van der Waals surface area contributed by atoms with Crippen LogP contribution >= 0.6 is 0 Å². The Hall–Kier alpha value is -4.45. The molecule has 436 valence electrons. The van der Waals surface area contributed by atoms with E-state index in [1.54, 1.807) is 0 Å². The van der Waals surface area contributed by atoms with Crippen molar-refractivity contribution in [3.8, 4) is 0 Å². The summed E-state index contributed by atoms with van der Waals surface area (Å²) in [6.07, 6.45) is 90.2. The Morgan fingerprint density at radius 2 is 0.506 bits per heavy atom. The number of hydrogen-bond donors (Lipinski definition) is 0. The molecule has 0 aromatic carbocycles. The maximum absolute atomic E-state index is 12.9. The fraction of sp³-hybridized carbons (Fsp3) is 0.648. The van der Waals surface area contributed by atoms with Gasteiger partial charge in [0.05, 0.1) is 0 Å². The lowest BCUT2D eigenvalue weighted by Crippen LogP contribution is -2.30. The smallest absolute Gasteiger partial charge is 0.306 e. The van der Waals surface area contributed by atoms with Crippen LogP contribution in [0.4, 0.5) is 0 Å². The minimum atomic E-state index is -0.804. The molecule has 0 aliphatic heterocycles. The lowest BCUT2D eigenvalue weighted by molar-refractivity contribution is -0.167. The molecule has 0 spiro atoms. The van der Waals surface area contributed by atoms with Crippen molar-refractivity contribution in [3.63, 3.8) is 0 Å². The quantitative estimate of drug-likeness (QED) is 0.0261. The van der Waals surface area contributed by atoms with E-state index in [4.69, 9.17) is 14.2 Å². The van der Waals surface area contributed by atoms with Crippen LogP contribution in [0.15, 0.2) is 134 Å². The normalized spacial score (nSPS) is 13.0. The number of carbonyl (C=O) groups is 3. The molecule has 0 aliphatic carbocycles. The molecule has 0 fully saturated rings. The lowest BCUT2D eigenvalue weighted by atomic mass is 10.0. The molecule has 0 aromatic heterocycles. The molecule has 1 atom stereocenters. The molecule has 6 nitrogen and oxygen atoms in total. The third-order valence-corrected chi connectivity index (χ3v) is 13.1. The molecule has 0 bridgehead atoms. The molecule has 0 rings (SSSR count). The molecular weight excluding hydrogens is 949 g/mol. The van der Waals surface area contributed by atoms with Crippen molar-refractivity contribution in [3.05, 3.63) is 134 Å². The van der Waals surface area contributed by atoms with Crippen LogP contribution in [0, 0.1) is 0 Å². The van der Waals surface area contributed by atoms with Crippen LogP contribution in [0.5, 0.6) is 0 Å². The van der Waals surface area contributed by atoms with Crippen molar-refractivity contribution >= 4 is 17.9 Å². The van der Waals surface area contributed by atoms with Crippen LogP contribution in [0.25, 0.3) is 0 Å². The van der Waals surface area contributed by atoms with Crippen molar-refractivity contribution in [2.45, 2.75) is 284 Å². The van der Waals surface area contributed by atoms with E-state index in [9.17, 15) is 14.4 Å². The summed E-state index contributed by atoms with van der Waals surface area (Å²) in [6, 6.07) is 0. The third-order valence-electron chi connectivity index (χ3n) is 13.1. The van der Waals surface area contributed by atoms with Crippen LogP contribution in [-0.2, 0) is 28.6 Å². The fourth-order valence-electron chi connectivity index (χ4n) is 8.43. The Morgan fingerprint density at radius 3 is 0.792 bits per heavy atom. The number of ether oxygens (including phenoxy) is 3. The molecule has 0 aromatic rings. The number of allylic oxidation sites excluding steroid dienone is 22. The molecule has 0 heterocycles. The number of esters is 3. The van der Waals surface area contributed by atoms with Gasteiger partial charge in [-0.2, -0.15) is 0 Å². The molecule has 0 amide bonds. The molecule has 77 heavy (non-hydrogen) atoms. The van der Waals surface area contributed by atoms with Gasteiger partial charge in [0.25, 0.3) is 0 Å². The Morgan fingerprint density at radius 1 is 0.273 bits per heavy atom. The molecule has 6 heteroatoms. The predicted molar refractivity (Wildman–Crippen MR) is 334 cm³/mol. The number of unbranched alkanes of at least 4 members (excludes halogenated alkanes) is 23. The largest absolute Gasteiger partial charge is 0.462 e. The zero-order chi connectivity index (χ0) is 55.7. The molecular formula is C71H116O6. The topological polar surface area (TPSA) is 78.9 Å². The van der Waals surface area contributed by atoms with Gasteiger partial charge >= 0.3 is 17.9 Å². The van der Waals surface area contributed by atoms with Gasteiger partial charge in [-0.15, -0.1) is 0 Å². The van der Waals surface area contributed by atoms with Gasteiger partial charge in [-0.1, -0.05) is 257 Å². The zero-order valence-corrected chi connectivity index (χ0v) is 49.9. The monoisotopic (exact) mass is 1060 g/mol. The summed E-state index contributed by atoms with van der Waals surface area (Å²) in [5, 5.41) is 0. The first-order valence-corrected chi connectivity index (χ1v) is 31.7. The van der Waals surface area contributed by atoms with Gasteiger partial charge in [0.1, 0.15) is 13.2 Å². The first-order valence-electron chi connectivity index (χ1n) is 31.7. The highest BCUT2D eigenvalue weighted by molar-refractivity contribution is 5.71. The Kier molecular flexibility index (Phi) is 60.4. The maximum Gasteiger partial charge on any atom is 0.306 e.